The molecule has 0 aliphatic rings. The van der Waals surface area contributed by atoms with Crippen LogP contribution >= 0.6 is 11.3 Å². The van der Waals surface area contributed by atoms with Crippen molar-refractivity contribution in [2.45, 2.75) is 38.3 Å². The molecular formula is C14H19N3O2S2. The van der Waals surface area contributed by atoms with Crippen LogP contribution < -0.4 is 10.5 Å². The van der Waals surface area contributed by atoms with E-state index in [1.807, 2.05) is 19.9 Å². The Balaban J connectivity index is 2.08. The van der Waals surface area contributed by atoms with E-state index >= 15 is 0 Å². The van der Waals surface area contributed by atoms with Gasteiger partial charge in [-0.25, -0.2) is 18.5 Å². The molecule has 2 aromatic rings. The quantitative estimate of drug-likeness (QED) is 0.883. The molecule has 3 N–H and O–H groups in total. The largest absolute Gasteiger partial charge is 0.305 e. The third kappa shape index (κ3) is 4.10. The monoisotopic (exact) mass is 325 g/mol. The number of sulfonamides is 1. The molecule has 0 amide bonds. The number of nitrogens with one attached hydrogen (secondary N) is 1. The summed E-state index contributed by atoms with van der Waals surface area (Å²) in [6, 6.07) is 6.76. The van der Waals surface area contributed by atoms with E-state index in [0.717, 1.165) is 16.3 Å². The van der Waals surface area contributed by atoms with Gasteiger partial charge in [0.05, 0.1) is 15.6 Å². The predicted octanol–water partition coefficient (Wildman–Crippen LogP) is 2.26. The topological polar surface area (TPSA) is 85.1 Å². The maximum atomic E-state index is 11.3. The van der Waals surface area contributed by atoms with Crippen LogP contribution in [0.15, 0.2) is 29.2 Å². The molecule has 0 radical (unpaired) electrons. The number of hydrogen-bond donors (Lipinski definition) is 2. The summed E-state index contributed by atoms with van der Waals surface area (Å²) < 4.78 is 22.7. The molecule has 7 heteroatoms. The first kappa shape index (κ1) is 16.1. The Bertz CT molecular complexity index is 738. The second-order valence-corrected chi connectivity index (χ2v) is 7.94. The Morgan fingerprint density at radius 1 is 1.38 bits per heavy atom. The van der Waals surface area contributed by atoms with Gasteiger partial charge < -0.3 is 5.32 Å². The van der Waals surface area contributed by atoms with E-state index in [2.05, 4.69) is 17.2 Å². The zero-order valence-electron chi connectivity index (χ0n) is 12.3. The summed E-state index contributed by atoms with van der Waals surface area (Å²) in [6.07, 6.45) is 0. The predicted molar refractivity (Wildman–Crippen MR) is 84.7 cm³/mol. The molecule has 1 heterocycles. The van der Waals surface area contributed by atoms with Gasteiger partial charge in [0, 0.05) is 17.5 Å². The average molecular weight is 325 g/mol. The minimum Gasteiger partial charge on any atom is -0.305 e. The van der Waals surface area contributed by atoms with Gasteiger partial charge in [-0.2, -0.15) is 0 Å². The van der Waals surface area contributed by atoms with Gasteiger partial charge >= 0.3 is 0 Å². The molecule has 1 aromatic heterocycles. The maximum Gasteiger partial charge on any atom is 0.238 e. The van der Waals surface area contributed by atoms with Crippen LogP contribution in [-0.4, -0.2) is 13.4 Å². The second-order valence-electron chi connectivity index (χ2n) is 4.97. The summed E-state index contributed by atoms with van der Waals surface area (Å²) in [5.41, 5.74) is 1.91. The lowest BCUT2D eigenvalue weighted by Gasteiger charge is -2.13. The van der Waals surface area contributed by atoms with E-state index in [-0.39, 0.29) is 10.9 Å². The van der Waals surface area contributed by atoms with Crippen molar-refractivity contribution in [3.8, 4) is 0 Å². The molecule has 1 aromatic carbocycles. The smallest absolute Gasteiger partial charge is 0.238 e. The molecule has 5 nitrogen and oxygen atoms in total. The van der Waals surface area contributed by atoms with Crippen molar-refractivity contribution >= 4 is 21.4 Å². The minimum atomic E-state index is -3.66. The van der Waals surface area contributed by atoms with Gasteiger partial charge in [-0.3, -0.25) is 0 Å². The molecule has 2 rings (SSSR count). The van der Waals surface area contributed by atoms with E-state index in [1.54, 1.807) is 23.5 Å². The van der Waals surface area contributed by atoms with Crippen LogP contribution in [-0.2, 0) is 16.6 Å². The van der Waals surface area contributed by atoms with Crippen molar-refractivity contribution in [3.05, 3.63) is 45.4 Å². The van der Waals surface area contributed by atoms with Crippen LogP contribution in [0.4, 0.5) is 0 Å². The summed E-state index contributed by atoms with van der Waals surface area (Å²) in [6.45, 7) is 6.65. The molecule has 0 aliphatic carbocycles. The lowest BCUT2D eigenvalue weighted by Crippen LogP contribution is -2.19. The summed E-state index contributed by atoms with van der Waals surface area (Å²) in [7, 11) is -3.66. The standard InChI is InChI=1S/C14H19N3O2S2/c1-9(14-10(2)20-11(3)17-14)16-8-12-5-4-6-13(7-12)21(15,18)19/h4-7,9,16H,8H2,1-3H3,(H2,15,18,19). The van der Waals surface area contributed by atoms with Gasteiger partial charge in [-0.15, -0.1) is 11.3 Å². The van der Waals surface area contributed by atoms with Gasteiger partial charge in [0.1, 0.15) is 0 Å². The highest BCUT2D eigenvalue weighted by Gasteiger charge is 2.13. The van der Waals surface area contributed by atoms with Crippen molar-refractivity contribution in [2.24, 2.45) is 5.14 Å². The number of aromatic nitrogens is 1. The number of nitrogens with zero attached hydrogens (tertiary/aromatic N) is 1. The molecule has 114 valence electrons. The second kappa shape index (κ2) is 6.23. The molecule has 1 unspecified atom stereocenters. The molecule has 0 aliphatic heterocycles. The third-order valence-electron chi connectivity index (χ3n) is 3.19. The van der Waals surface area contributed by atoms with Crippen LogP contribution in [0.25, 0.3) is 0 Å². The Morgan fingerprint density at radius 2 is 2.10 bits per heavy atom. The molecule has 0 bridgehead atoms. The summed E-state index contributed by atoms with van der Waals surface area (Å²) in [4.78, 5) is 5.85. The van der Waals surface area contributed by atoms with Crippen molar-refractivity contribution in [1.29, 1.82) is 0 Å². The summed E-state index contributed by atoms with van der Waals surface area (Å²) in [5.74, 6) is 0. The van der Waals surface area contributed by atoms with Crippen LogP contribution in [0, 0.1) is 13.8 Å². The number of primary sulfonamides is 1. The Labute approximate surface area is 129 Å². The number of hydrogen-bond acceptors (Lipinski definition) is 5. The third-order valence-corrected chi connectivity index (χ3v) is 5.00. The van der Waals surface area contributed by atoms with Crippen LogP contribution in [0.5, 0.6) is 0 Å². The van der Waals surface area contributed by atoms with Crippen molar-refractivity contribution in [3.63, 3.8) is 0 Å². The molecular weight excluding hydrogens is 306 g/mol. The average Bonchev–Trinajstić information content (AvgIpc) is 2.74. The highest BCUT2D eigenvalue weighted by atomic mass is 32.2. The van der Waals surface area contributed by atoms with E-state index in [0.29, 0.717) is 6.54 Å². The van der Waals surface area contributed by atoms with Crippen LogP contribution in [0.3, 0.4) is 0 Å². The Hall–Kier alpha value is -1.28. The van der Waals surface area contributed by atoms with E-state index in [1.165, 1.54) is 10.9 Å². The van der Waals surface area contributed by atoms with Crippen LogP contribution in [0.2, 0.25) is 0 Å². The zero-order chi connectivity index (χ0) is 15.6. The highest BCUT2D eigenvalue weighted by Crippen LogP contribution is 2.22. The number of thiazole rings is 1. The molecule has 0 saturated carbocycles. The first-order valence-corrected chi connectivity index (χ1v) is 8.92. The van der Waals surface area contributed by atoms with Crippen molar-refractivity contribution in [2.75, 3.05) is 0 Å². The Kier molecular flexibility index (Phi) is 4.77. The molecule has 0 fully saturated rings. The number of aryl methyl sites for hydroxylation is 2. The Morgan fingerprint density at radius 3 is 2.67 bits per heavy atom. The lowest BCUT2D eigenvalue weighted by atomic mass is 10.2. The fourth-order valence-corrected chi connectivity index (χ4v) is 3.64. The zero-order valence-corrected chi connectivity index (χ0v) is 13.9. The molecule has 1 atom stereocenters. The molecule has 21 heavy (non-hydrogen) atoms. The van der Waals surface area contributed by atoms with E-state index in [9.17, 15) is 8.42 Å². The van der Waals surface area contributed by atoms with Gasteiger partial charge in [-0.1, -0.05) is 12.1 Å². The van der Waals surface area contributed by atoms with Crippen molar-refractivity contribution in [1.82, 2.24) is 10.3 Å². The fraction of sp³-hybridized carbons (Fsp3) is 0.357. The minimum absolute atomic E-state index is 0.105. The molecule has 0 spiro atoms. The van der Waals surface area contributed by atoms with E-state index in [4.69, 9.17) is 5.14 Å². The number of nitrogens with two attached hydrogens (primary N) is 1. The normalized spacial score (nSPS) is 13.3. The SMILES string of the molecule is Cc1nc(C(C)NCc2cccc(S(N)(=O)=O)c2)c(C)s1. The first-order valence-electron chi connectivity index (χ1n) is 6.56. The maximum absolute atomic E-state index is 11.3. The number of rotatable bonds is 5. The lowest BCUT2D eigenvalue weighted by molar-refractivity contribution is 0.560. The van der Waals surface area contributed by atoms with Gasteiger partial charge in [0.15, 0.2) is 0 Å². The summed E-state index contributed by atoms with van der Waals surface area (Å²) >= 11 is 1.68. The van der Waals surface area contributed by atoms with Gasteiger partial charge in [-0.05, 0) is 38.5 Å². The fourth-order valence-electron chi connectivity index (χ4n) is 2.15. The highest BCUT2D eigenvalue weighted by molar-refractivity contribution is 7.89. The van der Waals surface area contributed by atoms with Gasteiger partial charge in [0.2, 0.25) is 10.0 Å². The molecule has 0 saturated heterocycles. The van der Waals surface area contributed by atoms with Crippen molar-refractivity contribution < 1.29 is 8.42 Å². The van der Waals surface area contributed by atoms with Crippen LogP contribution in [0.1, 0.15) is 34.1 Å². The summed E-state index contributed by atoms with van der Waals surface area (Å²) in [5, 5.41) is 9.54. The first-order chi connectivity index (χ1) is 9.77. The van der Waals surface area contributed by atoms with Gasteiger partial charge in [0.25, 0.3) is 0 Å². The van der Waals surface area contributed by atoms with E-state index < -0.39 is 10.0 Å². The number of benzene rings is 1.